The molecule has 88 valence electrons. The van der Waals surface area contributed by atoms with Gasteiger partial charge in [-0.3, -0.25) is 4.79 Å². The maximum Gasteiger partial charge on any atom is 0.226 e. The van der Waals surface area contributed by atoms with Crippen molar-refractivity contribution in [3.8, 4) is 5.88 Å². The topological polar surface area (TPSA) is 76.1 Å². The van der Waals surface area contributed by atoms with Crippen LogP contribution >= 0.6 is 0 Å². The molecule has 6 nitrogen and oxygen atoms in total. The average Bonchev–Trinajstić information content (AvgIpc) is 2.23. The quantitative estimate of drug-likeness (QED) is 0.705. The van der Waals surface area contributed by atoms with Crippen LogP contribution in [0.1, 0.15) is 12.6 Å². The standard InChI is InChI=1S/C10H16N4O2/c1-7-6-9(16-3)14-10(13-7)12-5-4-11-8(2)15/h6H,4-5H2,1-3H3,(H,11,15)(H,12,13,14). The third-order valence-corrected chi connectivity index (χ3v) is 1.82. The van der Waals surface area contributed by atoms with Crippen molar-refractivity contribution >= 4 is 11.9 Å². The molecule has 0 aliphatic carbocycles. The Morgan fingerprint density at radius 2 is 2.19 bits per heavy atom. The largest absolute Gasteiger partial charge is 0.481 e. The summed E-state index contributed by atoms with van der Waals surface area (Å²) in [6.45, 7) is 4.45. The molecule has 1 rings (SSSR count). The lowest BCUT2D eigenvalue weighted by atomic mass is 10.4. The SMILES string of the molecule is COc1cc(C)nc(NCCNC(C)=O)n1. The highest BCUT2D eigenvalue weighted by molar-refractivity contribution is 5.72. The molecule has 0 bridgehead atoms. The van der Waals surface area contributed by atoms with Crippen LogP contribution in [0.4, 0.5) is 5.95 Å². The van der Waals surface area contributed by atoms with E-state index in [4.69, 9.17) is 4.74 Å². The number of anilines is 1. The first-order chi connectivity index (χ1) is 7.61. The first-order valence-corrected chi connectivity index (χ1v) is 5.00. The van der Waals surface area contributed by atoms with Gasteiger partial charge in [0.15, 0.2) is 0 Å². The lowest BCUT2D eigenvalue weighted by molar-refractivity contribution is -0.118. The highest BCUT2D eigenvalue weighted by atomic mass is 16.5. The molecule has 1 aromatic heterocycles. The normalized spacial score (nSPS) is 9.69. The molecule has 1 aromatic rings. The number of hydrogen-bond acceptors (Lipinski definition) is 5. The van der Waals surface area contributed by atoms with Crippen molar-refractivity contribution in [1.82, 2.24) is 15.3 Å². The van der Waals surface area contributed by atoms with E-state index in [1.54, 1.807) is 13.2 Å². The van der Waals surface area contributed by atoms with Crippen LogP contribution in [0.15, 0.2) is 6.07 Å². The zero-order valence-corrected chi connectivity index (χ0v) is 9.70. The number of aryl methyl sites for hydroxylation is 1. The van der Waals surface area contributed by atoms with Gasteiger partial charge in [-0.05, 0) is 6.92 Å². The molecule has 0 saturated carbocycles. The van der Waals surface area contributed by atoms with Gasteiger partial charge in [0.25, 0.3) is 0 Å². The third-order valence-electron chi connectivity index (χ3n) is 1.82. The predicted octanol–water partition coefficient (Wildman–Crippen LogP) is 0.342. The molecule has 0 radical (unpaired) electrons. The van der Waals surface area contributed by atoms with Gasteiger partial charge in [0.1, 0.15) is 0 Å². The Hall–Kier alpha value is -1.85. The van der Waals surface area contributed by atoms with Gasteiger partial charge >= 0.3 is 0 Å². The number of ether oxygens (including phenoxy) is 1. The van der Waals surface area contributed by atoms with Crippen molar-refractivity contribution in [2.24, 2.45) is 0 Å². The van der Waals surface area contributed by atoms with Gasteiger partial charge in [-0.2, -0.15) is 4.98 Å². The summed E-state index contributed by atoms with van der Waals surface area (Å²) in [5, 5.41) is 5.67. The Bertz CT molecular complexity index is 368. The Labute approximate surface area is 94.4 Å². The smallest absolute Gasteiger partial charge is 0.226 e. The highest BCUT2D eigenvalue weighted by Gasteiger charge is 2.01. The molecule has 0 aromatic carbocycles. The number of nitrogens with one attached hydrogen (secondary N) is 2. The van der Waals surface area contributed by atoms with E-state index in [1.807, 2.05) is 6.92 Å². The molecule has 0 unspecified atom stereocenters. The van der Waals surface area contributed by atoms with Crippen LogP contribution in [-0.2, 0) is 4.79 Å². The molecule has 0 atom stereocenters. The second-order valence-electron chi connectivity index (χ2n) is 3.29. The molecule has 0 fully saturated rings. The third kappa shape index (κ3) is 4.12. The molecule has 0 aliphatic heterocycles. The zero-order valence-electron chi connectivity index (χ0n) is 9.70. The summed E-state index contributed by atoms with van der Waals surface area (Å²) in [5.74, 6) is 0.973. The minimum atomic E-state index is -0.0514. The van der Waals surface area contributed by atoms with Crippen LogP contribution in [0.3, 0.4) is 0 Å². The summed E-state index contributed by atoms with van der Waals surface area (Å²) in [5.41, 5.74) is 0.828. The Kier molecular flexibility index (Phi) is 4.50. The van der Waals surface area contributed by atoms with E-state index < -0.39 is 0 Å². The molecular formula is C10H16N4O2. The fourth-order valence-corrected chi connectivity index (χ4v) is 1.14. The molecule has 2 N–H and O–H groups in total. The van der Waals surface area contributed by atoms with Gasteiger partial charge in [0, 0.05) is 31.8 Å². The lowest BCUT2D eigenvalue weighted by Gasteiger charge is -2.07. The van der Waals surface area contributed by atoms with Gasteiger partial charge in [-0.1, -0.05) is 0 Å². The first kappa shape index (κ1) is 12.2. The zero-order chi connectivity index (χ0) is 12.0. The van der Waals surface area contributed by atoms with E-state index in [2.05, 4.69) is 20.6 Å². The molecule has 0 aliphatic rings. The Morgan fingerprint density at radius 3 is 2.81 bits per heavy atom. The summed E-state index contributed by atoms with van der Waals surface area (Å²) in [4.78, 5) is 18.9. The molecule has 0 saturated heterocycles. The molecule has 6 heteroatoms. The monoisotopic (exact) mass is 224 g/mol. The van der Waals surface area contributed by atoms with Crippen LogP contribution in [-0.4, -0.2) is 36.1 Å². The number of carbonyl (C=O) groups is 1. The molecular weight excluding hydrogens is 208 g/mol. The van der Waals surface area contributed by atoms with Crippen LogP contribution in [0.2, 0.25) is 0 Å². The summed E-state index contributed by atoms with van der Waals surface area (Å²) >= 11 is 0. The van der Waals surface area contributed by atoms with Crippen molar-refractivity contribution in [2.45, 2.75) is 13.8 Å². The maximum absolute atomic E-state index is 10.6. The number of aromatic nitrogens is 2. The van der Waals surface area contributed by atoms with Crippen LogP contribution < -0.4 is 15.4 Å². The van der Waals surface area contributed by atoms with E-state index in [9.17, 15) is 4.79 Å². The second kappa shape index (κ2) is 5.89. The van der Waals surface area contributed by atoms with E-state index in [0.29, 0.717) is 24.9 Å². The van der Waals surface area contributed by atoms with Crippen LogP contribution in [0.25, 0.3) is 0 Å². The van der Waals surface area contributed by atoms with Gasteiger partial charge in [-0.15, -0.1) is 0 Å². The summed E-state index contributed by atoms with van der Waals surface area (Å²) < 4.78 is 5.02. The summed E-state index contributed by atoms with van der Waals surface area (Å²) in [6, 6.07) is 1.75. The Morgan fingerprint density at radius 1 is 1.44 bits per heavy atom. The minimum absolute atomic E-state index is 0.0514. The summed E-state index contributed by atoms with van der Waals surface area (Å²) in [7, 11) is 1.56. The number of methoxy groups -OCH3 is 1. The molecule has 1 heterocycles. The van der Waals surface area contributed by atoms with Crippen molar-refractivity contribution in [1.29, 1.82) is 0 Å². The minimum Gasteiger partial charge on any atom is -0.481 e. The number of hydrogen-bond donors (Lipinski definition) is 2. The second-order valence-corrected chi connectivity index (χ2v) is 3.29. The van der Waals surface area contributed by atoms with E-state index >= 15 is 0 Å². The van der Waals surface area contributed by atoms with Crippen molar-refractivity contribution in [3.05, 3.63) is 11.8 Å². The Balaban J connectivity index is 2.47. The van der Waals surface area contributed by atoms with Crippen molar-refractivity contribution in [2.75, 3.05) is 25.5 Å². The van der Waals surface area contributed by atoms with Crippen molar-refractivity contribution < 1.29 is 9.53 Å². The van der Waals surface area contributed by atoms with E-state index in [-0.39, 0.29) is 5.91 Å². The lowest BCUT2D eigenvalue weighted by Crippen LogP contribution is -2.26. The van der Waals surface area contributed by atoms with Gasteiger partial charge < -0.3 is 15.4 Å². The molecule has 16 heavy (non-hydrogen) atoms. The van der Waals surface area contributed by atoms with E-state index in [1.165, 1.54) is 6.92 Å². The van der Waals surface area contributed by atoms with Crippen LogP contribution in [0, 0.1) is 6.92 Å². The number of nitrogens with zero attached hydrogens (tertiary/aromatic N) is 2. The number of rotatable bonds is 5. The fourth-order valence-electron chi connectivity index (χ4n) is 1.14. The maximum atomic E-state index is 10.6. The number of amides is 1. The predicted molar refractivity (Wildman–Crippen MR) is 60.5 cm³/mol. The first-order valence-electron chi connectivity index (χ1n) is 5.00. The van der Waals surface area contributed by atoms with E-state index in [0.717, 1.165) is 5.69 Å². The number of carbonyl (C=O) groups excluding carboxylic acids is 1. The van der Waals surface area contributed by atoms with Crippen molar-refractivity contribution in [3.63, 3.8) is 0 Å². The molecule has 1 amide bonds. The van der Waals surface area contributed by atoms with Gasteiger partial charge in [0.05, 0.1) is 7.11 Å². The highest BCUT2D eigenvalue weighted by Crippen LogP contribution is 2.10. The van der Waals surface area contributed by atoms with Gasteiger partial charge in [-0.25, -0.2) is 4.98 Å². The molecule has 0 spiro atoms. The summed E-state index contributed by atoms with van der Waals surface area (Å²) in [6.07, 6.45) is 0. The van der Waals surface area contributed by atoms with Crippen LogP contribution in [0.5, 0.6) is 5.88 Å². The van der Waals surface area contributed by atoms with Gasteiger partial charge in [0.2, 0.25) is 17.7 Å². The average molecular weight is 224 g/mol. The fraction of sp³-hybridized carbons (Fsp3) is 0.500.